The third-order valence-electron chi connectivity index (χ3n) is 5.18. The zero-order valence-corrected chi connectivity index (χ0v) is 17.8. The molecule has 0 radical (unpaired) electrons. The monoisotopic (exact) mass is 387 g/mol. The molecule has 0 unspecified atom stereocenters. The fourth-order valence-electron chi connectivity index (χ4n) is 3.29. The average Bonchev–Trinajstić information content (AvgIpc) is 2.71. The molecule has 2 N–H and O–H groups in total. The summed E-state index contributed by atoms with van der Waals surface area (Å²) in [6.07, 6.45) is 5.69. The smallest absolute Gasteiger partial charge is 0.243 e. The highest BCUT2D eigenvalue weighted by atomic mass is 16.2. The van der Waals surface area contributed by atoms with Crippen molar-refractivity contribution in [3.05, 3.63) is 35.9 Å². The fourth-order valence-corrected chi connectivity index (χ4v) is 3.29. The lowest BCUT2D eigenvalue weighted by atomic mass is 10.0. The number of likely N-dealkylation sites (N-methyl/N-ethyl adjacent to an activating group) is 1. The van der Waals surface area contributed by atoms with Gasteiger partial charge < -0.3 is 20.4 Å². The van der Waals surface area contributed by atoms with Crippen molar-refractivity contribution in [2.24, 2.45) is 4.99 Å². The van der Waals surface area contributed by atoms with Crippen LogP contribution in [0.1, 0.15) is 38.2 Å². The van der Waals surface area contributed by atoms with Gasteiger partial charge in [0.2, 0.25) is 5.91 Å². The van der Waals surface area contributed by atoms with Crippen molar-refractivity contribution in [3.63, 3.8) is 0 Å². The fraction of sp³-hybridized carbons (Fsp3) is 0.636. The summed E-state index contributed by atoms with van der Waals surface area (Å²) in [6, 6.07) is 10.8. The lowest BCUT2D eigenvalue weighted by molar-refractivity contribution is -0.127. The van der Waals surface area contributed by atoms with Gasteiger partial charge in [0.25, 0.3) is 0 Å². The molecule has 156 valence electrons. The summed E-state index contributed by atoms with van der Waals surface area (Å²) in [4.78, 5) is 20.6. The maximum absolute atomic E-state index is 11.9. The molecule has 2 rings (SSSR count). The summed E-state index contributed by atoms with van der Waals surface area (Å²) in [7, 11) is 3.53. The van der Waals surface area contributed by atoms with Gasteiger partial charge in [-0.3, -0.25) is 4.79 Å². The van der Waals surface area contributed by atoms with E-state index >= 15 is 0 Å². The number of guanidine groups is 1. The molecule has 1 fully saturated rings. The number of nitrogens with zero attached hydrogens (tertiary/aromatic N) is 3. The van der Waals surface area contributed by atoms with E-state index in [9.17, 15) is 4.79 Å². The molecular weight excluding hydrogens is 350 g/mol. The van der Waals surface area contributed by atoms with Gasteiger partial charge in [0, 0.05) is 39.8 Å². The molecule has 0 bridgehead atoms. The highest BCUT2D eigenvalue weighted by molar-refractivity contribution is 5.84. The van der Waals surface area contributed by atoms with E-state index in [1.807, 2.05) is 6.07 Å². The first-order chi connectivity index (χ1) is 13.6. The van der Waals surface area contributed by atoms with Gasteiger partial charge in [-0.05, 0) is 37.8 Å². The van der Waals surface area contributed by atoms with E-state index in [0.29, 0.717) is 6.04 Å². The zero-order valence-electron chi connectivity index (χ0n) is 17.8. The minimum Gasteiger partial charge on any atom is -0.356 e. The van der Waals surface area contributed by atoms with E-state index in [2.05, 4.69) is 51.7 Å². The third kappa shape index (κ3) is 8.30. The van der Waals surface area contributed by atoms with E-state index < -0.39 is 0 Å². The third-order valence-corrected chi connectivity index (χ3v) is 5.18. The number of amides is 1. The number of benzene rings is 1. The van der Waals surface area contributed by atoms with Gasteiger partial charge in [0.1, 0.15) is 6.54 Å². The Bertz CT molecular complexity index is 594. The van der Waals surface area contributed by atoms with Crippen molar-refractivity contribution in [2.75, 3.05) is 46.8 Å². The van der Waals surface area contributed by atoms with Crippen molar-refractivity contribution in [1.82, 2.24) is 20.4 Å². The molecule has 1 aliphatic rings. The van der Waals surface area contributed by atoms with Gasteiger partial charge in [0.05, 0.1) is 0 Å². The molecule has 1 aromatic carbocycles. The molecule has 6 nitrogen and oxygen atoms in total. The predicted octanol–water partition coefficient (Wildman–Crippen LogP) is 2.12. The molecule has 0 aliphatic carbocycles. The molecule has 6 heteroatoms. The highest BCUT2D eigenvalue weighted by Gasteiger charge is 2.19. The summed E-state index contributed by atoms with van der Waals surface area (Å²) < 4.78 is 0. The van der Waals surface area contributed by atoms with Crippen molar-refractivity contribution >= 4 is 11.9 Å². The standard InChI is InChI=1S/C22H37N5O/c1-4-5-15-27-16-12-20(13-17-27)25-22(24-18-21(28)26(2)3)23-14-11-19-9-7-6-8-10-19/h6-10,20H,4-5,11-18H2,1-3H3,(H2,23,24,25). The normalized spacial score (nSPS) is 16.0. The molecule has 0 aromatic heterocycles. The summed E-state index contributed by atoms with van der Waals surface area (Å²) >= 11 is 0. The van der Waals surface area contributed by atoms with E-state index in [-0.39, 0.29) is 12.5 Å². The number of aliphatic imine (C=N–C) groups is 1. The number of rotatable bonds is 9. The van der Waals surface area contributed by atoms with Gasteiger partial charge in [-0.2, -0.15) is 0 Å². The topological polar surface area (TPSA) is 60.0 Å². The van der Waals surface area contributed by atoms with Crippen LogP contribution in [0.2, 0.25) is 0 Å². The Kier molecular flexibility index (Phi) is 9.83. The van der Waals surface area contributed by atoms with Gasteiger partial charge in [-0.15, -0.1) is 0 Å². The van der Waals surface area contributed by atoms with Crippen LogP contribution in [0.25, 0.3) is 0 Å². The Labute approximate surface area is 170 Å². The first-order valence-corrected chi connectivity index (χ1v) is 10.6. The van der Waals surface area contributed by atoms with Crippen LogP contribution in [0.5, 0.6) is 0 Å². The average molecular weight is 388 g/mol. The zero-order chi connectivity index (χ0) is 20.2. The van der Waals surface area contributed by atoms with Crippen LogP contribution in [0.3, 0.4) is 0 Å². The number of piperidine rings is 1. The van der Waals surface area contributed by atoms with Crippen molar-refractivity contribution < 1.29 is 4.79 Å². The Hall–Kier alpha value is -2.08. The summed E-state index contributed by atoms with van der Waals surface area (Å²) in [5, 5.41) is 6.96. The molecule has 0 saturated carbocycles. The Morgan fingerprint density at radius 2 is 1.93 bits per heavy atom. The molecule has 1 aromatic rings. The Morgan fingerprint density at radius 3 is 2.57 bits per heavy atom. The number of carbonyl (C=O) groups excluding carboxylic acids is 1. The second kappa shape index (κ2) is 12.4. The van der Waals surface area contributed by atoms with E-state index in [4.69, 9.17) is 0 Å². The van der Waals surface area contributed by atoms with Gasteiger partial charge >= 0.3 is 0 Å². The predicted molar refractivity (Wildman–Crippen MR) is 117 cm³/mol. The van der Waals surface area contributed by atoms with E-state index in [1.54, 1.807) is 19.0 Å². The molecular formula is C22H37N5O. The second-order valence-electron chi connectivity index (χ2n) is 7.73. The van der Waals surface area contributed by atoms with Gasteiger partial charge in [-0.25, -0.2) is 4.99 Å². The van der Waals surface area contributed by atoms with Gasteiger partial charge in [0.15, 0.2) is 5.96 Å². The lowest BCUT2D eigenvalue weighted by Crippen LogP contribution is -2.49. The SMILES string of the molecule is CCCCN1CCC(NC(=NCC(=O)N(C)C)NCCc2ccccc2)CC1. The molecule has 0 atom stereocenters. The Balaban J connectivity index is 1.85. The first-order valence-electron chi connectivity index (χ1n) is 10.6. The molecule has 1 aliphatic heterocycles. The number of nitrogens with one attached hydrogen (secondary N) is 2. The molecule has 28 heavy (non-hydrogen) atoms. The number of hydrogen-bond donors (Lipinski definition) is 2. The Morgan fingerprint density at radius 1 is 1.21 bits per heavy atom. The van der Waals surface area contributed by atoms with E-state index in [0.717, 1.165) is 44.9 Å². The maximum Gasteiger partial charge on any atom is 0.243 e. The van der Waals surface area contributed by atoms with Crippen LogP contribution in [0, 0.1) is 0 Å². The molecule has 0 spiro atoms. The lowest BCUT2D eigenvalue weighted by Gasteiger charge is -2.33. The molecule has 1 amide bonds. The quantitative estimate of drug-likeness (QED) is 0.503. The largest absolute Gasteiger partial charge is 0.356 e. The minimum absolute atomic E-state index is 0.0125. The number of likely N-dealkylation sites (tertiary alicyclic amines) is 1. The molecule has 1 heterocycles. The summed E-state index contributed by atoms with van der Waals surface area (Å²) in [6.45, 7) is 6.67. The van der Waals surface area contributed by atoms with Gasteiger partial charge in [-0.1, -0.05) is 43.7 Å². The number of hydrogen-bond acceptors (Lipinski definition) is 3. The van der Waals surface area contributed by atoms with Crippen molar-refractivity contribution in [1.29, 1.82) is 0 Å². The number of unbranched alkanes of at least 4 members (excludes halogenated alkanes) is 1. The first kappa shape index (κ1) is 22.2. The second-order valence-corrected chi connectivity index (χ2v) is 7.73. The van der Waals surface area contributed by atoms with Crippen molar-refractivity contribution in [2.45, 2.75) is 45.1 Å². The molecule has 1 saturated heterocycles. The highest BCUT2D eigenvalue weighted by Crippen LogP contribution is 2.11. The summed E-state index contributed by atoms with van der Waals surface area (Å²) in [5.74, 6) is 0.761. The summed E-state index contributed by atoms with van der Waals surface area (Å²) in [5.41, 5.74) is 1.29. The van der Waals surface area contributed by atoms with E-state index in [1.165, 1.54) is 24.9 Å². The maximum atomic E-state index is 11.9. The van der Waals surface area contributed by atoms with Crippen LogP contribution in [0.15, 0.2) is 35.3 Å². The van der Waals surface area contributed by atoms with Crippen molar-refractivity contribution in [3.8, 4) is 0 Å². The number of carbonyl (C=O) groups is 1. The van der Waals surface area contributed by atoms with Crippen LogP contribution >= 0.6 is 0 Å². The van der Waals surface area contributed by atoms with Crippen LogP contribution in [-0.2, 0) is 11.2 Å². The van der Waals surface area contributed by atoms with Crippen LogP contribution < -0.4 is 10.6 Å². The van der Waals surface area contributed by atoms with Crippen LogP contribution in [-0.4, -0.2) is 74.5 Å². The van der Waals surface area contributed by atoms with Crippen LogP contribution in [0.4, 0.5) is 0 Å². The minimum atomic E-state index is 0.0125.